The molecule has 5 heteroatoms. The Morgan fingerprint density at radius 3 is 2.64 bits per heavy atom. The molecule has 0 radical (unpaired) electrons. The lowest BCUT2D eigenvalue weighted by molar-refractivity contribution is -0.166. The normalized spacial score (nSPS) is 21.9. The Kier molecular flexibility index (Phi) is 4.97. The molecular weight excluding hydrogens is 318 g/mol. The zero-order valence-corrected chi connectivity index (χ0v) is 14.9. The van der Waals surface area contributed by atoms with E-state index in [-0.39, 0.29) is 12.1 Å². The highest BCUT2D eigenvalue weighted by Gasteiger charge is 2.36. The second kappa shape index (κ2) is 7.02. The van der Waals surface area contributed by atoms with Crippen LogP contribution in [0.4, 0.5) is 0 Å². The molecule has 0 aromatic heterocycles. The Bertz CT molecular complexity index is 753. The van der Waals surface area contributed by atoms with Gasteiger partial charge in [-0.3, -0.25) is 0 Å². The number of aliphatic hydroxyl groups excluding tert-OH is 1. The van der Waals surface area contributed by atoms with Crippen LogP contribution in [0.2, 0.25) is 0 Å². The van der Waals surface area contributed by atoms with Crippen molar-refractivity contribution in [2.24, 2.45) is 0 Å². The van der Waals surface area contributed by atoms with E-state index in [9.17, 15) is 9.90 Å². The van der Waals surface area contributed by atoms with Gasteiger partial charge in [-0.25, -0.2) is 4.79 Å². The Balaban J connectivity index is 1.59. The first-order valence-corrected chi connectivity index (χ1v) is 8.61. The molecule has 2 aromatic carbocycles. The molecule has 0 aliphatic carbocycles. The molecule has 1 heterocycles. The predicted octanol–water partition coefficient (Wildman–Crippen LogP) is 2.65. The molecule has 3 rings (SSSR count). The van der Waals surface area contributed by atoms with Crippen LogP contribution < -0.4 is 10.1 Å². The molecule has 2 aromatic rings. The fourth-order valence-corrected chi connectivity index (χ4v) is 3.02. The number of hydrogen-bond acceptors (Lipinski definition) is 5. The highest BCUT2D eigenvalue weighted by Crippen LogP contribution is 2.24. The van der Waals surface area contributed by atoms with E-state index in [4.69, 9.17) is 9.47 Å². The molecule has 1 aliphatic heterocycles. The quantitative estimate of drug-likeness (QED) is 0.836. The lowest BCUT2D eigenvalue weighted by atomic mass is 10.1. The molecule has 0 spiro atoms. The van der Waals surface area contributed by atoms with Gasteiger partial charge in [0.2, 0.25) is 0 Å². The topological polar surface area (TPSA) is 67.8 Å². The summed E-state index contributed by atoms with van der Waals surface area (Å²) in [6.45, 7) is 5.93. The van der Waals surface area contributed by atoms with E-state index in [0.717, 1.165) is 16.5 Å². The van der Waals surface area contributed by atoms with Crippen LogP contribution >= 0.6 is 0 Å². The van der Waals surface area contributed by atoms with Gasteiger partial charge < -0.3 is 19.9 Å². The second-order valence-electron chi connectivity index (χ2n) is 7.48. The van der Waals surface area contributed by atoms with Crippen LogP contribution in [0.3, 0.4) is 0 Å². The number of nitrogens with one attached hydrogen (secondary N) is 1. The summed E-state index contributed by atoms with van der Waals surface area (Å²) in [5.74, 6) is 0.189. The number of benzene rings is 2. The van der Waals surface area contributed by atoms with Gasteiger partial charge in [0.15, 0.2) is 6.10 Å². The molecule has 1 saturated heterocycles. The van der Waals surface area contributed by atoms with Crippen LogP contribution in [-0.4, -0.2) is 41.5 Å². The third-order valence-corrected chi connectivity index (χ3v) is 4.18. The number of aliphatic hydroxyl groups is 1. The molecule has 25 heavy (non-hydrogen) atoms. The van der Waals surface area contributed by atoms with Crippen molar-refractivity contribution >= 4 is 16.7 Å². The summed E-state index contributed by atoms with van der Waals surface area (Å²) in [4.78, 5) is 12.0. The van der Waals surface area contributed by atoms with E-state index >= 15 is 0 Å². The van der Waals surface area contributed by atoms with Crippen molar-refractivity contribution in [3.8, 4) is 5.75 Å². The average molecular weight is 343 g/mol. The summed E-state index contributed by atoms with van der Waals surface area (Å²) in [6.07, 6.45) is -0.736. The largest absolute Gasteiger partial charge is 0.489 e. The minimum Gasteiger partial charge on any atom is -0.489 e. The predicted molar refractivity (Wildman–Crippen MR) is 96.6 cm³/mol. The van der Waals surface area contributed by atoms with Gasteiger partial charge in [-0.1, -0.05) is 30.3 Å². The summed E-state index contributed by atoms with van der Waals surface area (Å²) >= 11 is 0. The molecular formula is C20H25NO4. The minimum absolute atomic E-state index is 0.0942. The summed E-state index contributed by atoms with van der Waals surface area (Å²) in [5, 5.41) is 15.7. The number of carbonyl (C=O) groups is 1. The number of esters is 1. The van der Waals surface area contributed by atoms with Crippen molar-refractivity contribution in [2.75, 3.05) is 6.54 Å². The van der Waals surface area contributed by atoms with Crippen LogP contribution in [0.5, 0.6) is 5.75 Å². The lowest BCUT2D eigenvalue weighted by Gasteiger charge is -2.24. The fourth-order valence-electron chi connectivity index (χ4n) is 3.02. The monoisotopic (exact) mass is 343 g/mol. The maximum Gasteiger partial charge on any atom is 0.337 e. The average Bonchev–Trinajstić information content (AvgIpc) is 3.01. The van der Waals surface area contributed by atoms with Crippen molar-refractivity contribution in [1.82, 2.24) is 5.32 Å². The van der Waals surface area contributed by atoms with Crippen LogP contribution in [-0.2, 0) is 9.53 Å². The van der Waals surface area contributed by atoms with Gasteiger partial charge in [0.1, 0.15) is 17.5 Å². The van der Waals surface area contributed by atoms with Crippen LogP contribution in [0.25, 0.3) is 10.8 Å². The van der Waals surface area contributed by atoms with Crippen molar-refractivity contribution in [2.45, 2.75) is 51.0 Å². The molecule has 2 N–H and O–H groups in total. The Morgan fingerprint density at radius 2 is 1.92 bits per heavy atom. The molecule has 3 unspecified atom stereocenters. The van der Waals surface area contributed by atoms with Crippen molar-refractivity contribution in [3.63, 3.8) is 0 Å². The summed E-state index contributed by atoms with van der Waals surface area (Å²) in [6, 6.07) is 13.7. The van der Waals surface area contributed by atoms with Gasteiger partial charge in [-0.2, -0.15) is 0 Å². The van der Waals surface area contributed by atoms with Crippen molar-refractivity contribution in [1.29, 1.82) is 0 Å². The van der Waals surface area contributed by atoms with E-state index in [0.29, 0.717) is 13.0 Å². The zero-order chi connectivity index (χ0) is 18.0. The maximum atomic E-state index is 12.0. The summed E-state index contributed by atoms with van der Waals surface area (Å²) in [7, 11) is 0. The third-order valence-electron chi connectivity index (χ3n) is 4.18. The third kappa shape index (κ3) is 4.50. The molecule has 1 fully saturated rings. The van der Waals surface area contributed by atoms with Gasteiger partial charge in [-0.15, -0.1) is 0 Å². The van der Waals surface area contributed by atoms with Gasteiger partial charge in [0.05, 0.1) is 0 Å². The Morgan fingerprint density at radius 1 is 1.20 bits per heavy atom. The molecule has 134 valence electrons. The first kappa shape index (κ1) is 17.7. The SMILES string of the molecule is CC(C)(C)OC(=O)C(O)C1CC(Oc2ccc3ccccc3c2)CN1. The first-order chi connectivity index (χ1) is 11.8. The van der Waals surface area contributed by atoms with Gasteiger partial charge >= 0.3 is 5.97 Å². The Labute approximate surface area is 147 Å². The van der Waals surface area contributed by atoms with Gasteiger partial charge in [-0.05, 0) is 43.7 Å². The number of carbonyl (C=O) groups excluding carboxylic acids is 1. The van der Waals surface area contributed by atoms with Gasteiger partial charge in [0, 0.05) is 19.0 Å². The fraction of sp³-hybridized carbons (Fsp3) is 0.450. The number of rotatable bonds is 4. The molecule has 0 bridgehead atoms. The van der Waals surface area contributed by atoms with E-state index < -0.39 is 17.7 Å². The van der Waals surface area contributed by atoms with E-state index in [1.165, 1.54) is 0 Å². The van der Waals surface area contributed by atoms with Crippen LogP contribution in [0.15, 0.2) is 42.5 Å². The zero-order valence-electron chi connectivity index (χ0n) is 14.9. The smallest absolute Gasteiger partial charge is 0.337 e. The highest BCUT2D eigenvalue weighted by molar-refractivity contribution is 5.83. The lowest BCUT2D eigenvalue weighted by Crippen LogP contribution is -2.43. The molecule has 3 atom stereocenters. The minimum atomic E-state index is -1.19. The molecule has 0 saturated carbocycles. The van der Waals surface area contributed by atoms with Gasteiger partial charge in [0.25, 0.3) is 0 Å². The standard InChI is InChI=1S/C20H25NO4/c1-20(2,3)25-19(23)18(22)17-11-16(12-21-17)24-15-9-8-13-6-4-5-7-14(13)10-15/h4-10,16-18,21-22H,11-12H2,1-3H3. The number of fused-ring (bicyclic) bond motifs is 1. The molecule has 5 nitrogen and oxygen atoms in total. The molecule has 1 aliphatic rings. The Hall–Kier alpha value is -2.11. The van der Waals surface area contributed by atoms with Crippen molar-refractivity contribution < 1.29 is 19.4 Å². The number of hydrogen-bond donors (Lipinski definition) is 2. The van der Waals surface area contributed by atoms with E-state index in [1.807, 2.05) is 36.4 Å². The maximum absolute atomic E-state index is 12.0. The summed E-state index contributed by atoms with van der Waals surface area (Å²) in [5.41, 5.74) is -0.613. The van der Waals surface area contributed by atoms with E-state index in [1.54, 1.807) is 20.8 Å². The first-order valence-electron chi connectivity index (χ1n) is 8.61. The highest BCUT2D eigenvalue weighted by atomic mass is 16.6. The summed E-state index contributed by atoms with van der Waals surface area (Å²) < 4.78 is 11.3. The number of ether oxygens (including phenoxy) is 2. The van der Waals surface area contributed by atoms with Crippen molar-refractivity contribution in [3.05, 3.63) is 42.5 Å². The van der Waals surface area contributed by atoms with E-state index in [2.05, 4.69) is 11.4 Å². The van der Waals surface area contributed by atoms with Crippen LogP contribution in [0.1, 0.15) is 27.2 Å². The second-order valence-corrected chi connectivity index (χ2v) is 7.48. The van der Waals surface area contributed by atoms with Crippen LogP contribution in [0, 0.1) is 0 Å². The molecule has 0 amide bonds.